The molecule has 0 radical (unpaired) electrons. The van der Waals surface area contributed by atoms with Gasteiger partial charge in [0.2, 0.25) is 5.91 Å². The van der Waals surface area contributed by atoms with Crippen molar-refractivity contribution in [3.63, 3.8) is 0 Å². The van der Waals surface area contributed by atoms with E-state index in [0.717, 1.165) is 5.56 Å². The topological polar surface area (TPSA) is 95.6 Å². The van der Waals surface area contributed by atoms with Crippen molar-refractivity contribution in [2.45, 2.75) is 31.5 Å². The van der Waals surface area contributed by atoms with Crippen LogP contribution in [0.1, 0.15) is 24.2 Å². The molecule has 2 aromatic carbocycles. The number of aromatic hydroxyl groups is 1. The minimum Gasteiger partial charge on any atom is -0.508 e. The van der Waals surface area contributed by atoms with Crippen LogP contribution in [0.2, 0.25) is 0 Å². The summed E-state index contributed by atoms with van der Waals surface area (Å²) in [6.45, 7) is 1.71. The third-order valence-corrected chi connectivity index (χ3v) is 3.71. The van der Waals surface area contributed by atoms with E-state index in [0.29, 0.717) is 12.0 Å². The number of aliphatic hydroxyl groups excluding tert-OH is 1. The van der Waals surface area contributed by atoms with Gasteiger partial charge in [-0.25, -0.2) is 0 Å². The lowest BCUT2D eigenvalue weighted by atomic mass is 10.0. The smallest absolute Gasteiger partial charge is 0.237 e. The molecule has 0 saturated heterocycles. The zero-order chi connectivity index (χ0) is 16.8. The Morgan fingerprint density at radius 2 is 1.74 bits per heavy atom. The van der Waals surface area contributed by atoms with Crippen molar-refractivity contribution in [3.8, 4) is 5.75 Å². The first kappa shape index (κ1) is 17.0. The van der Waals surface area contributed by atoms with Gasteiger partial charge in [0.25, 0.3) is 0 Å². The molecule has 0 aliphatic carbocycles. The summed E-state index contributed by atoms with van der Waals surface area (Å²) < 4.78 is 0. The Labute approximate surface area is 135 Å². The van der Waals surface area contributed by atoms with Crippen LogP contribution in [0.25, 0.3) is 0 Å². The van der Waals surface area contributed by atoms with Crippen molar-refractivity contribution in [2.75, 3.05) is 0 Å². The largest absolute Gasteiger partial charge is 0.508 e. The highest BCUT2D eigenvalue weighted by molar-refractivity contribution is 5.82. The molecule has 5 nitrogen and oxygen atoms in total. The molecule has 5 N–H and O–H groups in total. The van der Waals surface area contributed by atoms with E-state index in [1.54, 1.807) is 19.1 Å². The molecular weight excluding hydrogens is 292 g/mol. The molecule has 0 bridgehead atoms. The summed E-state index contributed by atoms with van der Waals surface area (Å²) in [6, 6.07) is 14.6. The van der Waals surface area contributed by atoms with Crippen LogP contribution in [-0.4, -0.2) is 28.2 Å². The number of hydrogen-bond acceptors (Lipinski definition) is 4. The van der Waals surface area contributed by atoms with Crippen molar-refractivity contribution in [3.05, 3.63) is 65.7 Å². The standard InChI is InChI=1S/C18H22N2O3/c1-12(17(22)14-7-9-15(21)10-8-14)20-18(23)16(19)11-13-5-3-2-4-6-13/h2-10,12,16-17,21-22H,11,19H2,1H3,(H,20,23). The van der Waals surface area contributed by atoms with Gasteiger partial charge in [0.15, 0.2) is 0 Å². The van der Waals surface area contributed by atoms with Gasteiger partial charge in [-0.15, -0.1) is 0 Å². The van der Waals surface area contributed by atoms with Gasteiger partial charge in [-0.05, 0) is 36.6 Å². The Kier molecular flexibility index (Phi) is 5.73. The minimum absolute atomic E-state index is 0.127. The molecule has 2 rings (SSSR count). The molecule has 1 amide bonds. The summed E-state index contributed by atoms with van der Waals surface area (Å²) in [5.41, 5.74) is 7.54. The van der Waals surface area contributed by atoms with E-state index in [4.69, 9.17) is 5.73 Å². The zero-order valence-electron chi connectivity index (χ0n) is 13.0. The molecule has 122 valence electrons. The number of hydrogen-bond donors (Lipinski definition) is 4. The van der Waals surface area contributed by atoms with Gasteiger partial charge in [0, 0.05) is 0 Å². The van der Waals surface area contributed by atoms with Gasteiger partial charge in [0.1, 0.15) is 5.75 Å². The van der Waals surface area contributed by atoms with Crippen LogP contribution >= 0.6 is 0 Å². The summed E-state index contributed by atoms with van der Waals surface area (Å²) in [4.78, 5) is 12.2. The van der Waals surface area contributed by atoms with Crippen molar-refractivity contribution >= 4 is 5.91 Å². The Morgan fingerprint density at radius 3 is 2.35 bits per heavy atom. The molecule has 0 saturated carbocycles. The summed E-state index contributed by atoms with van der Waals surface area (Å²) in [5, 5.41) is 22.3. The van der Waals surface area contributed by atoms with Crippen LogP contribution < -0.4 is 11.1 Å². The number of amides is 1. The summed E-state index contributed by atoms with van der Waals surface area (Å²) >= 11 is 0. The number of nitrogens with two attached hydrogens (primary N) is 1. The normalized spacial score (nSPS) is 14.7. The molecule has 3 unspecified atom stereocenters. The molecule has 0 aromatic heterocycles. The quantitative estimate of drug-likeness (QED) is 0.650. The van der Waals surface area contributed by atoms with Gasteiger partial charge in [-0.2, -0.15) is 0 Å². The number of rotatable bonds is 6. The number of nitrogens with one attached hydrogen (secondary N) is 1. The molecule has 0 aliphatic heterocycles. The molecule has 2 aromatic rings. The van der Waals surface area contributed by atoms with E-state index in [1.165, 1.54) is 12.1 Å². The lowest BCUT2D eigenvalue weighted by Gasteiger charge is -2.22. The van der Waals surface area contributed by atoms with Crippen LogP contribution in [-0.2, 0) is 11.2 Å². The van der Waals surface area contributed by atoms with E-state index in [-0.39, 0.29) is 11.7 Å². The minimum atomic E-state index is -0.872. The number of carbonyl (C=O) groups is 1. The van der Waals surface area contributed by atoms with Crippen molar-refractivity contribution in [1.82, 2.24) is 5.32 Å². The summed E-state index contributed by atoms with van der Waals surface area (Å²) in [7, 11) is 0. The van der Waals surface area contributed by atoms with Crippen LogP contribution in [0.4, 0.5) is 0 Å². The van der Waals surface area contributed by atoms with Crippen molar-refractivity contribution in [1.29, 1.82) is 0 Å². The predicted octanol–water partition coefficient (Wildman–Crippen LogP) is 1.50. The maximum Gasteiger partial charge on any atom is 0.237 e. The molecular formula is C18H22N2O3. The first-order chi connectivity index (χ1) is 11.0. The number of phenolic OH excluding ortho intramolecular Hbond substituents is 1. The second-order valence-electron chi connectivity index (χ2n) is 5.63. The van der Waals surface area contributed by atoms with Gasteiger partial charge in [0.05, 0.1) is 18.2 Å². The van der Waals surface area contributed by atoms with E-state index in [2.05, 4.69) is 5.32 Å². The van der Waals surface area contributed by atoms with Crippen LogP contribution in [0.5, 0.6) is 5.75 Å². The average molecular weight is 314 g/mol. The summed E-state index contributed by atoms with van der Waals surface area (Å²) in [5.74, 6) is -0.179. The Bertz CT molecular complexity index is 628. The van der Waals surface area contributed by atoms with Gasteiger partial charge in [-0.3, -0.25) is 4.79 Å². The van der Waals surface area contributed by atoms with Crippen molar-refractivity contribution in [2.24, 2.45) is 5.73 Å². The molecule has 3 atom stereocenters. The average Bonchev–Trinajstić information content (AvgIpc) is 2.55. The monoisotopic (exact) mass is 314 g/mol. The van der Waals surface area contributed by atoms with Gasteiger partial charge in [-0.1, -0.05) is 42.5 Å². The lowest BCUT2D eigenvalue weighted by molar-refractivity contribution is -0.123. The molecule has 23 heavy (non-hydrogen) atoms. The Morgan fingerprint density at radius 1 is 1.13 bits per heavy atom. The SMILES string of the molecule is CC(NC(=O)C(N)Cc1ccccc1)C(O)c1ccc(O)cc1. The lowest BCUT2D eigenvalue weighted by Crippen LogP contribution is -2.47. The van der Waals surface area contributed by atoms with Crippen LogP contribution in [0.15, 0.2) is 54.6 Å². The fourth-order valence-corrected chi connectivity index (χ4v) is 2.33. The highest BCUT2D eigenvalue weighted by Crippen LogP contribution is 2.19. The molecule has 0 fully saturated rings. The maximum absolute atomic E-state index is 12.2. The van der Waals surface area contributed by atoms with E-state index in [9.17, 15) is 15.0 Å². The second-order valence-corrected chi connectivity index (χ2v) is 5.63. The molecule has 0 spiro atoms. The Balaban J connectivity index is 1.92. The highest BCUT2D eigenvalue weighted by Gasteiger charge is 2.21. The van der Waals surface area contributed by atoms with Gasteiger partial charge >= 0.3 is 0 Å². The fourth-order valence-electron chi connectivity index (χ4n) is 2.33. The van der Waals surface area contributed by atoms with E-state index in [1.807, 2.05) is 30.3 Å². The highest BCUT2D eigenvalue weighted by atomic mass is 16.3. The number of phenols is 1. The molecule has 5 heteroatoms. The first-order valence-electron chi connectivity index (χ1n) is 7.54. The molecule has 0 aliphatic rings. The first-order valence-corrected chi connectivity index (χ1v) is 7.54. The maximum atomic E-state index is 12.2. The summed E-state index contributed by atoms with van der Waals surface area (Å²) in [6.07, 6.45) is -0.433. The molecule has 0 heterocycles. The Hall–Kier alpha value is -2.37. The third kappa shape index (κ3) is 4.81. The van der Waals surface area contributed by atoms with Crippen molar-refractivity contribution < 1.29 is 15.0 Å². The van der Waals surface area contributed by atoms with Crippen LogP contribution in [0.3, 0.4) is 0 Å². The fraction of sp³-hybridized carbons (Fsp3) is 0.278. The van der Waals surface area contributed by atoms with Crippen LogP contribution in [0, 0.1) is 0 Å². The predicted molar refractivity (Wildman–Crippen MR) is 88.8 cm³/mol. The number of carbonyl (C=O) groups excluding carboxylic acids is 1. The van der Waals surface area contributed by atoms with Gasteiger partial charge < -0.3 is 21.3 Å². The number of aliphatic hydroxyl groups is 1. The van der Waals surface area contributed by atoms with E-state index < -0.39 is 18.2 Å². The zero-order valence-corrected chi connectivity index (χ0v) is 13.0. The third-order valence-electron chi connectivity index (χ3n) is 3.71. The number of benzene rings is 2. The van der Waals surface area contributed by atoms with E-state index >= 15 is 0 Å². The second kappa shape index (κ2) is 7.76.